The summed E-state index contributed by atoms with van der Waals surface area (Å²) in [7, 11) is -4.10. The van der Waals surface area contributed by atoms with E-state index in [-0.39, 0.29) is 13.2 Å². The molecule has 0 bridgehead atoms. The zero-order valence-electron chi connectivity index (χ0n) is 12.3. The fraction of sp³-hybridized carbons (Fsp3) is 0.308. The van der Waals surface area contributed by atoms with Gasteiger partial charge in [0.2, 0.25) is 10.0 Å². The van der Waals surface area contributed by atoms with Gasteiger partial charge in [-0.1, -0.05) is 18.2 Å². The Balaban J connectivity index is 2.84. The van der Waals surface area contributed by atoms with E-state index in [4.69, 9.17) is 5.11 Å². The van der Waals surface area contributed by atoms with Gasteiger partial charge in [-0.3, -0.25) is 14.9 Å². The molecule has 1 rings (SSSR count). The smallest absolute Gasteiger partial charge is 0.302 e. The van der Waals surface area contributed by atoms with Crippen LogP contribution in [-0.2, 0) is 19.6 Å². The molecule has 0 spiro atoms. The second-order valence-corrected chi connectivity index (χ2v) is 6.11. The van der Waals surface area contributed by atoms with Crippen molar-refractivity contribution in [2.45, 2.75) is 11.8 Å². The van der Waals surface area contributed by atoms with E-state index in [1.807, 2.05) is 0 Å². The predicted molar refractivity (Wildman–Crippen MR) is 80.1 cm³/mol. The van der Waals surface area contributed by atoms with E-state index in [1.54, 1.807) is 0 Å². The summed E-state index contributed by atoms with van der Waals surface area (Å²) < 4.78 is 31.0. The zero-order valence-corrected chi connectivity index (χ0v) is 13.1. The molecule has 2 N–H and O–H groups in total. The first-order valence-electron chi connectivity index (χ1n) is 6.43. The summed E-state index contributed by atoms with van der Waals surface area (Å²) >= 11 is 0. The summed E-state index contributed by atoms with van der Waals surface area (Å²) in [5, 5.41) is 19.9. The normalized spacial score (nSPS) is 12.0. The molecule has 0 aliphatic rings. The summed E-state index contributed by atoms with van der Waals surface area (Å²) in [6, 6.07) is 4.94. The van der Waals surface area contributed by atoms with E-state index < -0.39 is 38.1 Å². The number of hydrogen-bond acceptors (Lipinski definition) is 7. The standard InChI is InChI=1S/C13H16N2O7S/c1-10(17)22-9-11(8-16)6-7-14-23(20,21)13-5-3-2-4-12(13)15(18)19/h2-6,14,16H,7-9H2,1H3/b11-6+. The SMILES string of the molecule is CC(=O)OC/C(=C/CNS(=O)(=O)c1ccccc1[N+](=O)[O-])CO. The van der Waals surface area contributed by atoms with Gasteiger partial charge >= 0.3 is 5.97 Å². The summed E-state index contributed by atoms with van der Waals surface area (Å²) in [5.74, 6) is -0.537. The Hall–Kier alpha value is -2.30. The molecule has 0 aliphatic heterocycles. The minimum absolute atomic E-state index is 0.168. The molecule has 0 heterocycles. The molecule has 0 amide bonds. The average Bonchev–Trinajstić information content (AvgIpc) is 2.50. The maximum atomic E-state index is 12.1. The number of benzene rings is 1. The number of aliphatic hydroxyl groups is 1. The van der Waals surface area contributed by atoms with Crippen LogP contribution in [0.5, 0.6) is 0 Å². The largest absolute Gasteiger partial charge is 0.461 e. The highest BCUT2D eigenvalue weighted by Crippen LogP contribution is 2.22. The lowest BCUT2D eigenvalue weighted by molar-refractivity contribution is -0.387. The van der Waals surface area contributed by atoms with Crippen LogP contribution in [0.1, 0.15) is 6.92 Å². The number of hydrogen-bond donors (Lipinski definition) is 2. The van der Waals surface area contributed by atoms with Crippen molar-refractivity contribution < 1.29 is 28.0 Å². The topological polar surface area (TPSA) is 136 Å². The molecule has 1 aromatic carbocycles. The van der Waals surface area contributed by atoms with Gasteiger partial charge in [-0.2, -0.15) is 0 Å². The second-order valence-electron chi connectivity index (χ2n) is 4.38. The number of carbonyl (C=O) groups excluding carboxylic acids is 1. The molecular weight excluding hydrogens is 328 g/mol. The number of para-hydroxylation sites is 1. The predicted octanol–water partition coefficient (Wildman–Crippen LogP) is 0.355. The van der Waals surface area contributed by atoms with Crippen molar-refractivity contribution in [2.24, 2.45) is 0 Å². The van der Waals surface area contributed by atoms with Crippen LogP contribution in [0.4, 0.5) is 5.69 Å². The van der Waals surface area contributed by atoms with Crippen LogP contribution < -0.4 is 4.72 Å². The van der Waals surface area contributed by atoms with Gasteiger partial charge < -0.3 is 9.84 Å². The van der Waals surface area contributed by atoms with Crippen molar-refractivity contribution in [3.05, 3.63) is 46.0 Å². The second kappa shape index (κ2) is 8.36. The highest BCUT2D eigenvalue weighted by molar-refractivity contribution is 7.89. The molecule has 23 heavy (non-hydrogen) atoms. The number of sulfonamides is 1. The quantitative estimate of drug-likeness (QED) is 0.300. The Morgan fingerprint density at radius 1 is 1.43 bits per heavy atom. The van der Waals surface area contributed by atoms with Crippen LogP contribution in [0.2, 0.25) is 0 Å². The number of aliphatic hydroxyl groups excluding tert-OH is 1. The Bertz CT molecular complexity index is 713. The molecule has 0 atom stereocenters. The first-order valence-corrected chi connectivity index (χ1v) is 7.91. The van der Waals surface area contributed by atoms with Gasteiger partial charge in [0.05, 0.1) is 11.5 Å². The summed E-state index contributed by atoms with van der Waals surface area (Å²) in [4.78, 5) is 20.3. The fourth-order valence-electron chi connectivity index (χ4n) is 1.57. The molecule has 0 aromatic heterocycles. The van der Waals surface area contributed by atoms with Crippen molar-refractivity contribution in [1.82, 2.24) is 4.72 Å². The summed E-state index contributed by atoms with van der Waals surface area (Å²) in [5.41, 5.74) is -0.239. The molecule has 0 aliphatic carbocycles. The minimum atomic E-state index is -4.10. The van der Waals surface area contributed by atoms with Crippen molar-refractivity contribution in [1.29, 1.82) is 0 Å². The molecule has 10 heteroatoms. The Morgan fingerprint density at radius 2 is 2.09 bits per heavy atom. The third-order valence-electron chi connectivity index (χ3n) is 2.68. The van der Waals surface area contributed by atoms with E-state index in [0.29, 0.717) is 5.57 Å². The van der Waals surface area contributed by atoms with E-state index >= 15 is 0 Å². The van der Waals surface area contributed by atoms with Gasteiger partial charge in [-0.25, -0.2) is 13.1 Å². The lowest BCUT2D eigenvalue weighted by Crippen LogP contribution is -2.25. The van der Waals surface area contributed by atoms with E-state index in [2.05, 4.69) is 9.46 Å². The van der Waals surface area contributed by atoms with Crippen molar-refractivity contribution in [3.63, 3.8) is 0 Å². The number of nitro groups is 1. The minimum Gasteiger partial charge on any atom is -0.461 e. The highest BCUT2D eigenvalue weighted by atomic mass is 32.2. The number of nitrogens with zero attached hydrogens (tertiary/aromatic N) is 1. The van der Waals surface area contributed by atoms with Crippen LogP contribution in [0.25, 0.3) is 0 Å². The van der Waals surface area contributed by atoms with E-state index in [1.165, 1.54) is 25.1 Å². The van der Waals surface area contributed by atoms with Crippen LogP contribution >= 0.6 is 0 Å². The summed E-state index contributed by atoms with van der Waals surface area (Å²) in [6.07, 6.45) is 1.33. The van der Waals surface area contributed by atoms with Crippen molar-refractivity contribution in [3.8, 4) is 0 Å². The first-order chi connectivity index (χ1) is 10.8. The van der Waals surface area contributed by atoms with Crippen molar-refractivity contribution >= 4 is 21.7 Å². The third-order valence-corrected chi connectivity index (χ3v) is 4.15. The molecule has 0 saturated heterocycles. The molecular formula is C13H16N2O7S. The van der Waals surface area contributed by atoms with E-state index in [0.717, 1.165) is 12.1 Å². The number of nitro benzene ring substituents is 1. The highest BCUT2D eigenvalue weighted by Gasteiger charge is 2.24. The molecule has 0 fully saturated rings. The fourth-order valence-corrected chi connectivity index (χ4v) is 2.71. The van der Waals surface area contributed by atoms with Crippen LogP contribution in [0.15, 0.2) is 40.8 Å². The number of nitrogens with one attached hydrogen (secondary N) is 1. The lowest BCUT2D eigenvalue weighted by Gasteiger charge is -2.07. The average molecular weight is 344 g/mol. The maximum Gasteiger partial charge on any atom is 0.302 e. The van der Waals surface area contributed by atoms with Crippen LogP contribution in [0.3, 0.4) is 0 Å². The Morgan fingerprint density at radius 3 is 2.65 bits per heavy atom. The van der Waals surface area contributed by atoms with Gasteiger partial charge in [0, 0.05) is 19.5 Å². The van der Waals surface area contributed by atoms with E-state index in [9.17, 15) is 23.3 Å². The Kier molecular flexibility index (Phi) is 6.82. The lowest BCUT2D eigenvalue weighted by atomic mass is 10.3. The molecule has 9 nitrogen and oxygen atoms in total. The molecule has 0 unspecified atom stereocenters. The van der Waals surface area contributed by atoms with Gasteiger partial charge in [0.25, 0.3) is 5.69 Å². The van der Waals surface area contributed by atoms with Crippen LogP contribution in [-0.4, -0.2) is 44.2 Å². The monoisotopic (exact) mass is 344 g/mol. The molecule has 126 valence electrons. The summed E-state index contributed by atoms with van der Waals surface area (Å²) in [6.45, 7) is 0.400. The van der Waals surface area contributed by atoms with Gasteiger partial charge in [-0.05, 0) is 11.6 Å². The number of esters is 1. The van der Waals surface area contributed by atoms with Crippen molar-refractivity contribution in [2.75, 3.05) is 19.8 Å². The van der Waals surface area contributed by atoms with Crippen LogP contribution in [0, 0.1) is 10.1 Å². The third kappa shape index (κ3) is 5.77. The van der Waals surface area contributed by atoms with Gasteiger partial charge in [-0.15, -0.1) is 0 Å². The Labute approximate surface area is 132 Å². The molecule has 0 radical (unpaired) electrons. The molecule has 0 saturated carbocycles. The maximum absolute atomic E-state index is 12.1. The van der Waals surface area contributed by atoms with Gasteiger partial charge in [0.15, 0.2) is 4.90 Å². The number of ether oxygens (including phenoxy) is 1. The first kappa shape index (κ1) is 18.7. The van der Waals surface area contributed by atoms with Gasteiger partial charge in [0.1, 0.15) is 6.61 Å². The number of rotatable bonds is 8. The number of carbonyl (C=O) groups is 1. The molecule has 1 aromatic rings. The zero-order chi connectivity index (χ0) is 17.5.